The first kappa shape index (κ1) is 10.9. The molecule has 0 radical (unpaired) electrons. The maximum Gasteiger partial charge on any atom is 0.299 e. The summed E-state index contributed by atoms with van der Waals surface area (Å²) in [5, 5.41) is 0. The fraction of sp³-hybridized carbons (Fsp3) is 0.600. The maximum absolute atomic E-state index is 8.07. The third-order valence-electron chi connectivity index (χ3n) is 1.68. The zero-order valence-electron chi connectivity index (χ0n) is 7.71. The van der Waals surface area contributed by atoms with E-state index >= 15 is 0 Å². The van der Waals surface area contributed by atoms with Crippen molar-refractivity contribution in [2.45, 2.75) is 39.0 Å². The van der Waals surface area contributed by atoms with E-state index in [4.69, 9.17) is 5.53 Å². The molecule has 12 heavy (non-hydrogen) atoms. The van der Waals surface area contributed by atoms with Gasteiger partial charge in [0.2, 0.25) is 0 Å². The quantitative estimate of drug-likeness (QED) is 0.190. The van der Waals surface area contributed by atoms with Crippen LogP contribution in [0.15, 0.2) is 18.2 Å². The molecule has 0 heterocycles. The van der Waals surface area contributed by atoms with Gasteiger partial charge < -0.3 is 5.53 Å². The lowest BCUT2D eigenvalue weighted by Gasteiger charge is -1.96. The minimum absolute atomic E-state index is 0.975. The van der Waals surface area contributed by atoms with E-state index in [0.717, 1.165) is 18.4 Å². The van der Waals surface area contributed by atoms with E-state index in [1.54, 1.807) is 6.08 Å². The first-order valence-corrected chi connectivity index (χ1v) is 4.42. The molecule has 0 N–H and O–H groups in total. The highest BCUT2D eigenvalue weighted by molar-refractivity contribution is 5.51. The van der Waals surface area contributed by atoms with Crippen LogP contribution in [-0.2, 0) is 0 Å². The fourth-order valence-electron chi connectivity index (χ4n) is 0.971. The topological polar surface area (TPSA) is 36.4 Å². The van der Waals surface area contributed by atoms with Gasteiger partial charge in [0, 0.05) is 0 Å². The molecule has 0 aliphatic rings. The van der Waals surface area contributed by atoms with Gasteiger partial charge in [-0.15, -0.1) is 4.79 Å². The summed E-state index contributed by atoms with van der Waals surface area (Å²) >= 11 is 0. The minimum Gasteiger partial charge on any atom is -0.348 e. The predicted octanol–water partition coefficient (Wildman–Crippen LogP) is 2.97. The highest BCUT2D eigenvalue weighted by atomic mass is 14.8. The largest absolute Gasteiger partial charge is 0.348 e. The van der Waals surface area contributed by atoms with Gasteiger partial charge in [0.25, 0.3) is 5.87 Å². The van der Waals surface area contributed by atoms with Crippen LogP contribution in [0.1, 0.15) is 39.0 Å². The molecule has 0 aliphatic heterocycles. The average molecular weight is 164 g/mol. The summed E-state index contributed by atoms with van der Waals surface area (Å²) in [4.78, 5) is 2.75. The molecule has 66 valence electrons. The van der Waals surface area contributed by atoms with Crippen molar-refractivity contribution in [1.82, 2.24) is 0 Å². The predicted molar refractivity (Wildman–Crippen MR) is 51.1 cm³/mol. The number of rotatable bonds is 6. The summed E-state index contributed by atoms with van der Waals surface area (Å²) in [6.07, 6.45) is 7.54. The summed E-state index contributed by atoms with van der Waals surface area (Å²) in [5.41, 5.74) is 9.04. The van der Waals surface area contributed by atoms with Gasteiger partial charge in [-0.25, -0.2) is 0 Å². The Kier molecular flexibility index (Phi) is 7.27. The van der Waals surface area contributed by atoms with Crippen LogP contribution in [0.5, 0.6) is 0 Å². The normalized spacial score (nSPS) is 8.42. The second kappa shape index (κ2) is 8.00. The Hall–Kier alpha value is -1.10. The van der Waals surface area contributed by atoms with E-state index in [9.17, 15) is 0 Å². The Balaban J connectivity index is 3.44. The third kappa shape index (κ3) is 7.01. The summed E-state index contributed by atoms with van der Waals surface area (Å²) < 4.78 is 0. The Morgan fingerprint density at radius 1 is 1.50 bits per heavy atom. The molecule has 2 heteroatoms. The van der Waals surface area contributed by atoms with Gasteiger partial charge in [0.1, 0.15) is 0 Å². The van der Waals surface area contributed by atoms with Crippen LogP contribution in [0.3, 0.4) is 0 Å². The van der Waals surface area contributed by atoms with Crippen molar-refractivity contribution in [2.75, 3.05) is 0 Å². The lowest BCUT2D eigenvalue weighted by molar-refractivity contribution is 0.00800. The Morgan fingerprint density at radius 2 is 2.25 bits per heavy atom. The summed E-state index contributed by atoms with van der Waals surface area (Å²) in [6.45, 7) is 5.99. The Morgan fingerprint density at radius 3 is 2.83 bits per heavy atom. The van der Waals surface area contributed by atoms with Crippen molar-refractivity contribution in [3.63, 3.8) is 0 Å². The second-order valence-corrected chi connectivity index (χ2v) is 2.84. The van der Waals surface area contributed by atoms with Crippen molar-refractivity contribution in [3.05, 3.63) is 23.8 Å². The van der Waals surface area contributed by atoms with Gasteiger partial charge >= 0.3 is 0 Å². The van der Waals surface area contributed by atoms with Crippen molar-refractivity contribution in [1.29, 1.82) is 0 Å². The Labute approximate surface area is 74.2 Å². The molecule has 0 aromatic carbocycles. The van der Waals surface area contributed by atoms with Crippen molar-refractivity contribution in [3.8, 4) is 0 Å². The average Bonchev–Trinajstić information content (AvgIpc) is 2.09. The van der Waals surface area contributed by atoms with E-state index in [-0.39, 0.29) is 0 Å². The summed E-state index contributed by atoms with van der Waals surface area (Å²) in [6, 6.07) is 0. The van der Waals surface area contributed by atoms with Crippen molar-refractivity contribution in [2.24, 2.45) is 0 Å². The molecule has 0 fully saturated rings. The molecule has 0 rings (SSSR count). The van der Waals surface area contributed by atoms with Gasteiger partial charge in [-0.05, 0) is 18.4 Å². The maximum atomic E-state index is 8.07. The van der Waals surface area contributed by atoms with Gasteiger partial charge in [-0.3, -0.25) is 0 Å². The lowest BCUT2D eigenvalue weighted by Crippen LogP contribution is -1.79. The van der Waals surface area contributed by atoms with E-state index in [1.165, 1.54) is 19.3 Å². The first-order chi connectivity index (χ1) is 5.81. The third-order valence-corrected chi connectivity index (χ3v) is 1.68. The number of hydrogen-bond donors (Lipinski definition) is 0. The zero-order chi connectivity index (χ0) is 9.23. The lowest BCUT2D eigenvalue weighted by atomic mass is 10.1. The molecule has 0 spiro atoms. The highest BCUT2D eigenvalue weighted by Crippen LogP contribution is 2.08. The van der Waals surface area contributed by atoms with E-state index in [0.29, 0.717) is 0 Å². The van der Waals surface area contributed by atoms with Crippen LogP contribution in [0.25, 0.3) is 5.53 Å². The molecular weight excluding hydrogens is 148 g/mol. The van der Waals surface area contributed by atoms with Crippen LogP contribution < -0.4 is 0 Å². The minimum atomic E-state index is 0.975. The molecule has 0 saturated carbocycles. The number of unbranched alkanes of at least 4 members (excludes halogenated alkanes) is 3. The monoisotopic (exact) mass is 164 g/mol. The van der Waals surface area contributed by atoms with Crippen molar-refractivity contribution >= 4 is 5.87 Å². The van der Waals surface area contributed by atoms with Gasteiger partial charge in [0.15, 0.2) is 0 Å². The van der Waals surface area contributed by atoms with Gasteiger partial charge in [-0.1, -0.05) is 32.8 Å². The highest BCUT2D eigenvalue weighted by Gasteiger charge is 1.90. The molecule has 0 saturated heterocycles. The Bertz CT molecular complexity index is 206. The number of hydrogen-bond acceptors (Lipinski definition) is 0. The SMILES string of the molecule is C=C(C=C=[N+]=[N-])CCCCCC. The molecular formula is C10H16N2. The van der Waals surface area contributed by atoms with Gasteiger partial charge in [-0.2, -0.15) is 0 Å². The first-order valence-electron chi connectivity index (χ1n) is 4.42. The standard InChI is InChI=1S/C10H16N2/c1-3-4-5-6-7-10(2)8-9-12-11/h8H,2-7H2,1H3. The van der Waals surface area contributed by atoms with E-state index < -0.39 is 0 Å². The van der Waals surface area contributed by atoms with E-state index in [1.807, 2.05) is 0 Å². The van der Waals surface area contributed by atoms with E-state index in [2.05, 4.69) is 24.2 Å². The second-order valence-electron chi connectivity index (χ2n) is 2.84. The molecule has 2 nitrogen and oxygen atoms in total. The molecule has 0 aromatic heterocycles. The van der Waals surface area contributed by atoms with Crippen molar-refractivity contribution < 1.29 is 4.79 Å². The molecule has 0 atom stereocenters. The van der Waals surface area contributed by atoms with Crippen LogP contribution in [0.4, 0.5) is 0 Å². The molecule has 0 unspecified atom stereocenters. The molecule has 0 aliphatic carbocycles. The summed E-state index contributed by atoms with van der Waals surface area (Å²) in [7, 11) is 0. The van der Waals surface area contributed by atoms with Crippen LogP contribution in [0, 0.1) is 0 Å². The smallest absolute Gasteiger partial charge is 0.299 e. The van der Waals surface area contributed by atoms with Crippen LogP contribution in [0.2, 0.25) is 0 Å². The molecule has 0 aromatic rings. The molecule has 0 bridgehead atoms. The fourth-order valence-corrected chi connectivity index (χ4v) is 0.971. The van der Waals surface area contributed by atoms with Gasteiger partial charge in [0.05, 0.1) is 6.08 Å². The molecule has 0 amide bonds. The van der Waals surface area contributed by atoms with Crippen LogP contribution >= 0.6 is 0 Å². The number of nitrogens with zero attached hydrogens (tertiary/aromatic N) is 2. The summed E-state index contributed by atoms with van der Waals surface area (Å²) in [5.74, 6) is 2.34. The van der Waals surface area contributed by atoms with Crippen LogP contribution in [-0.4, -0.2) is 10.7 Å². The zero-order valence-corrected chi connectivity index (χ0v) is 7.71. The number of allylic oxidation sites excluding steroid dienone is 2.